The third-order valence-corrected chi connectivity index (χ3v) is 4.97. The molecule has 1 amide bonds. The molecule has 144 valence electrons. The smallest absolute Gasteiger partial charge is 0.261 e. The number of rotatable bonds is 4. The lowest BCUT2D eigenvalue weighted by molar-refractivity contribution is -0.116. The number of anilines is 2. The molecule has 0 saturated carbocycles. The second-order valence-electron chi connectivity index (χ2n) is 6.95. The van der Waals surface area contributed by atoms with E-state index in [0.717, 1.165) is 43.4 Å². The number of fused-ring (bicyclic) bond motifs is 1. The van der Waals surface area contributed by atoms with Gasteiger partial charge in [0, 0.05) is 13.1 Å². The Balaban J connectivity index is 1.55. The Hall–Kier alpha value is -3.22. The third kappa shape index (κ3) is 3.74. The van der Waals surface area contributed by atoms with Gasteiger partial charge < -0.3 is 10.2 Å². The molecule has 1 saturated heterocycles. The molecule has 3 aromatic rings. The minimum atomic E-state index is -0.510. The molecule has 1 aliphatic rings. The summed E-state index contributed by atoms with van der Waals surface area (Å²) in [5.74, 6) is -0.840. The van der Waals surface area contributed by atoms with E-state index < -0.39 is 11.4 Å². The van der Waals surface area contributed by atoms with Gasteiger partial charge in [0.2, 0.25) is 5.91 Å². The lowest BCUT2D eigenvalue weighted by Crippen LogP contribution is -2.31. The number of aromatic nitrogens is 2. The van der Waals surface area contributed by atoms with E-state index in [0.29, 0.717) is 5.52 Å². The Labute approximate surface area is 161 Å². The monoisotopic (exact) mass is 380 g/mol. The maximum absolute atomic E-state index is 13.5. The number of hydrogen-bond acceptors (Lipinski definition) is 4. The van der Waals surface area contributed by atoms with Crippen molar-refractivity contribution in [1.29, 1.82) is 0 Å². The molecular weight excluding hydrogens is 359 g/mol. The van der Waals surface area contributed by atoms with Crippen molar-refractivity contribution in [2.45, 2.75) is 25.8 Å². The number of benzene rings is 2. The number of halogens is 1. The summed E-state index contributed by atoms with van der Waals surface area (Å²) in [7, 11) is 0. The van der Waals surface area contributed by atoms with Crippen molar-refractivity contribution in [3.63, 3.8) is 0 Å². The van der Waals surface area contributed by atoms with E-state index in [1.807, 2.05) is 24.3 Å². The van der Waals surface area contributed by atoms with Gasteiger partial charge in [0.05, 0.1) is 28.6 Å². The predicted molar refractivity (Wildman–Crippen MR) is 107 cm³/mol. The third-order valence-electron chi connectivity index (χ3n) is 4.97. The van der Waals surface area contributed by atoms with Gasteiger partial charge in [-0.05, 0) is 49.6 Å². The van der Waals surface area contributed by atoms with Crippen LogP contribution in [0.2, 0.25) is 0 Å². The van der Waals surface area contributed by atoms with Crippen molar-refractivity contribution in [1.82, 2.24) is 9.55 Å². The first kappa shape index (κ1) is 18.2. The van der Waals surface area contributed by atoms with Crippen molar-refractivity contribution in [3.05, 3.63) is 65.0 Å². The van der Waals surface area contributed by atoms with Crippen molar-refractivity contribution in [2.24, 2.45) is 0 Å². The average Bonchev–Trinajstić information content (AvgIpc) is 2.71. The van der Waals surface area contributed by atoms with Gasteiger partial charge in [0.15, 0.2) is 0 Å². The van der Waals surface area contributed by atoms with Gasteiger partial charge >= 0.3 is 0 Å². The summed E-state index contributed by atoms with van der Waals surface area (Å²) >= 11 is 0. The van der Waals surface area contributed by atoms with E-state index in [-0.39, 0.29) is 17.8 Å². The summed E-state index contributed by atoms with van der Waals surface area (Å²) < 4.78 is 14.7. The Morgan fingerprint density at radius 1 is 1.11 bits per heavy atom. The molecule has 1 aromatic heterocycles. The van der Waals surface area contributed by atoms with E-state index in [1.165, 1.54) is 29.4 Å². The van der Waals surface area contributed by atoms with Gasteiger partial charge in [-0.15, -0.1) is 0 Å². The summed E-state index contributed by atoms with van der Waals surface area (Å²) in [5, 5.41) is 3.06. The molecule has 1 fully saturated rings. The van der Waals surface area contributed by atoms with Gasteiger partial charge in [0.1, 0.15) is 12.4 Å². The number of nitrogens with one attached hydrogen (secondary N) is 1. The number of piperidine rings is 1. The van der Waals surface area contributed by atoms with Crippen LogP contribution in [-0.2, 0) is 11.3 Å². The fourth-order valence-electron chi connectivity index (χ4n) is 3.58. The fourth-order valence-corrected chi connectivity index (χ4v) is 3.58. The van der Waals surface area contributed by atoms with E-state index in [9.17, 15) is 14.0 Å². The number of amides is 1. The van der Waals surface area contributed by atoms with Crippen LogP contribution in [0.5, 0.6) is 0 Å². The second kappa shape index (κ2) is 7.80. The first-order valence-electron chi connectivity index (χ1n) is 9.40. The van der Waals surface area contributed by atoms with Crippen molar-refractivity contribution in [2.75, 3.05) is 23.3 Å². The Kier molecular flexibility index (Phi) is 5.06. The highest BCUT2D eigenvalue weighted by Crippen LogP contribution is 2.28. The average molecular weight is 380 g/mol. The quantitative estimate of drug-likeness (QED) is 0.755. The van der Waals surface area contributed by atoms with Crippen LogP contribution in [0.4, 0.5) is 15.8 Å². The predicted octanol–water partition coefficient (Wildman–Crippen LogP) is 3.16. The van der Waals surface area contributed by atoms with Crippen molar-refractivity contribution < 1.29 is 9.18 Å². The first-order valence-corrected chi connectivity index (χ1v) is 9.40. The van der Waals surface area contributed by atoms with Crippen molar-refractivity contribution in [3.8, 4) is 0 Å². The van der Waals surface area contributed by atoms with Crippen molar-refractivity contribution >= 4 is 28.2 Å². The van der Waals surface area contributed by atoms with Gasteiger partial charge in [0.25, 0.3) is 5.56 Å². The molecule has 28 heavy (non-hydrogen) atoms. The maximum Gasteiger partial charge on any atom is 0.261 e. The summed E-state index contributed by atoms with van der Waals surface area (Å²) in [6.07, 6.45) is 4.82. The molecule has 2 aromatic carbocycles. The first-order chi connectivity index (χ1) is 13.6. The molecule has 0 atom stereocenters. The zero-order valence-corrected chi connectivity index (χ0v) is 15.4. The van der Waals surface area contributed by atoms with Crippen LogP contribution in [0.1, 0.15) is 19.3 Å². The molecule has 1 N–H and O–H groups in total. The Morgan fingerprint density at radius 2 is 1.89 bits per heavy atom. The molecule has 6 nitrogen and oxygen atoms in total. The number of hydrogen-bond donors (Lipinski definition) is 1. The molecule has 0 bridgehead atoms. The van der Waals surface area contributed by atoms with Crippen LogP contribution in [-0.4, -0.2) is 28.5 Å². The number of para-hydroxylation sites is 2. The SMILES string of the molecule is O=C(Cn1cnc2ccc(F)cc2c1=O)Nc1ccccc1N1CCCCC1. The Morgan fingerprint density at radius 3 is 2.71 bits per heavy atom. The molecule has 0 aliphatic carbocycles. The molecule has 0 spiro atoms. The fraction of sp³-hybridized carbons (Fsp3) is 0.286. The van der Waals surface area contributed by atoms with Crippen LogP contribution in [0.25, 0.3) is 10.9 Å². The molecule has 0 unspecified atom stereocenters. The zero-order chi connectivity index (χ0) is 19.5. The highest BCUT2D eigenvalue weighted by molar-refractivity contribution is 5.94. The van der Waals surface area contributed by atoms with Gasteiger partial charge in [-0.2, -0.15) is 0 Å². The van der Waals surface area contributed by atoms with Gasteiger partial charge in [-0.1, -0.05) is 12.1 Å². The maximum atomic E-state index is 13.5. The topological polar surface area (TPSA) is 67.2 Å². The lowest BCUT2D eigenvalue weighted by Gasteiger charge is -2.30. The van der Waals surface area contributed by atoms with E-state index in [1.54, 1.807) is 0 Å². The normalized spacial score (nSPS) is 14.2. The summed E-state index contributed by atoms with van der Waals surface area (Å²) in [4.78, 5) is 31.5. The van der Waals surface area contributed by atoms with Crippen LogP contribution in [0.3, 0.4) is 0 Å². The van der Waals surface area contributed by atoms with E-state index in [4.69, 9.17) is 0 Å². The highest BCUT2D eigenvalue weighted by atomic mass is 19.1. The van der Waals surface area contributed by atoms with Crippen LogP contribution in [0, 0.1) is 5.82 Å². The zero-order valence-electron chi connectivity index (χ0n) is 15.4. The molecule has 1 aliphatic heterocycles. The Bertz CT molecular complexity index is 1070. The van der Waals surface area contributed by atoms with Crippen LogP contribution < -0.4 is 15.8 Å². The molecular formula is C21H21FN4O2. The minimum Gasteiger partial charge on any atom is -0.370 e. The number of carbonyl (C=O) groups excluding carboxylic acids is 1. The molecule has 4 rings (SSSR count). The number of carbonyl (C=O) groups is 1. The summed E-state index contributed by atoms with van der Waals surface area (Å²) in [6.45, 7) is 1.74. The largest absolute Gasteiger partial charge is 0.370 e. The number of nitrogens with zero attached hydrogens (tertiary/aromatic N) is 3. The molecule has 0 radical (unpaired) electrons. The molecule has 7 heteroatoms. The van der Waals surface area contributed by atoms with E-state index >= 15 is 0 Å². The highest BCUT2D eigenvalue weighted by Gasteiger charge is 2.16. The van der Waals surface area contributed by atoms with Crippen LogP contribution in [0.15, 0.2) is 53.6 Å². The second-order valence-corrected chi connectivity index (χ2v) is 6.95. The molecule has 2 heterocycles. The summed E-state index contributed by atoms with van der Waals surface area (Å²) in [5.41, 5.74) is 1.67. The standard InChI is InChI=1S/C21H21FN4O2/c22-15-8-9-17-16(12-15)21(28)26(14-23-17)13-20(27)24-18-6-2-3-7-19(18)25-10-4-1-5-11-25/h2-3,6-9,12,14H,1,4-5,10-11,13H2,(H,24,27). The van der Waals surface area contributed by atoms with Gasteiger partial charge in [-0.25, -0.2) is 9.37 Å². The lowest BCUT2D eigenvalue weighted by atomic mass is 10.1. The van der Waals surface area contributed by atoms with Crippen LogP contribution >= 0.6 is 0 Å². The van der Waals surface area contributed by atoms with Gasteiger partial charge in [-0.3, -0.25) is 14.2 Å². The summed E-state index contributed by atoms with van der Waals surface area (Å²) in [6, 6.07) is 11.5. The minimum absolute atomic E-state index is 0.156. The van der Waals surface area contributed by atoms with E-state index in [2.05, 4.69) is 15.2 Å².